The number of aryl methyl sites for hydroxylation is 1. The quantitative estimate of drug-likeness (QED) is 0.299. The van der Waals surface area contributed by atoms with E-state index in [1.54, 1.807) is 0 Å². The van der Waals surface area contributed by atoms with Gasteiger partial charge in [-0.2, -0.15) is 5.10 Å². The minimum atomic E-state index is 0. The molecule has 0 aliphatic heterocycles. The average Bonchev–Trinajstić information content (AvgIpc) is 3.18. The molecule has 28 heavy (non-hydrogen) atoms. The zero-order chi connectivity index (χ0) is 18.9. The summed E-state index contributed by atoms with van der Waals surface area (Å²) in [7, 11) is 0. The van der Waals surface area contributed by atoms with Crippen LogP contribution in [0.1, 0.15) is 29.2 Å². The predicted molar refractivity (Wildman–Crippen MR) is 126 cm³/mol. The van der Waals surface area contributed by atoms with Crippen molar-refractivity contribution in [3.63, 3.8) is 0 Å². The van der Waals surface area contributed by atoms with E-state index < -0.39 is 0 Å². The van der Waals surface area contributed by atoms with E-state index in [4.69, 9.17) is 4.99 Å². The Morgan fingerprint density at radius 2 is 1.86 bits per heavy atom. The summed E-state index contributed by atoms with van der Waals surface area (Å²) in [6, 6.07) is 18.8. The molecule has 0 radical (unpaired) electrons. The summed E-state index contributed by atoms with van der Waals surface area (Å²) in [6.45, 7) is 7.15. The third kappa shape index (κ3) is 6.67. The first kappa shape index (κ1) is 21.9. The fraction of sp³-hybridized carbons (Fsp3) is 0.273. The molecule has 0 spiro atoms. The largest absolute Gasteiger partial charge is 0.357 e. The Balaban J connectivity index is 0.00000280. The lowest BCUT2D eigenvalue weighted by Gasteiger charge is -2.14. The number of aromatic nitrogens is 2. The van der Waals surface area contributed by atoms with Crippen molar-refractivity contribution in [3.05, 3.63) is 89.2 Å². The molecular formula is C22H28IN5. The number of nitrogens with zero attached hydrogens (tertiary/aromatic N) is 3. The maximum atomic E-state index is 4.72. The summed E-state index contributed by atoms with van der Waals surface area (Å²) in [5, 5.41) is 11.1. The molecule has 0 fully saturated rings. The van der Waals surface area contributed by atoms with Crippen molar-refractivity contribution in [1.29, 1.82) is 0 Å². The van der Waals surface area contributed by atoms with Crippen LogP contribution >= 0.6 is 24.0 Å². The molecule has 1 heterocycles. The molecule has 0 atom stereocenters. The average molecular weight is 489 g/mol. The minimum Gasteiger partial charge on any atom is -0.357 e. The highest BCUT2D eigenvalue weighted by Gasteiger charge is 2.05. The standard InChI is InChI=1S/C22H27N5.HI/c1-3-23-22(24-15-19-9-6-8-18(2)14-19)25-16-20-10-4-5-11-21(20)17-27-13-7-12-26-27;/h4-14H,3,15-17H2,1-2H3,(H2,23,24,25);1H. The number of nitrogens with one attached hydrogen (secondary N) is 2. The van der Waals surface area contributed by atoms with Crippen molar-refractivity contribution >= 4 is 29.9 Å². The number of benzene rings is 2. The number of hydrogen-bond acceptors (Lipinski definition) is 2. The molecule has 3 aromatic rings. The molecule has 0 aliphatic carbocycles. The fourth-order valence-corrected chi connectivity index (χ4v) is 2.95. The summed E-state index contributed by atoms with van der Waals surface area (Å²) in [5.74, 6) is 0.827. The molecule has 148 valence electrons. The molecule has 5 nitrogen and oxygen atoms in total. The van der Waals surface area contributed by atoms with Gasteiger partial charge in [0.05, 0.1) is 13.1 Å². The van der Waals surface area contributed by atoms with Crippen molar-refractivity contribution in [2.45, 2.75) is 33.5 Å². The lowest BCUT2D eigenvalue weighted by atomic mass is 10.1. The highest BCUT2D eigenvalue weighted by Crippen LogP contribution is 2.10. The number of rotatable bonds is 7. The Kier molecular flexibility index (Phi) is 9.00. The Labute approximate surface area is 184 Å². The second-order valence-electron chi connectivity index (χ2n) is 6.51. The van der Waals surface area contributed by atoms with Gasteiger partial charge in [0.15, 0.2) is 5.96 Å². The van der Waals surface area contributed by atoms with Gasteiger partial charge < -0.3 is 10.6 Å². The molecule has 0 amide bonds. The van der Waals surface area contributed by atoms with E-state index in [0.29, 0.717) is 6.54 Å². The van der Waals surface area contributed by atoms with Crippen LogP contribution in [0.3, 0.4) is 0 Å². The SMILES string of the molecule is CCNC(=NCc1cccc(C)c1)NCc1ccccc1Cn1cccn1.I. The second-order valence-corrected chi connectivity index (χ2v) is 6.51. The van der Waals surface area contributed by atoms with Crippen LogP contribution in [0, 0.1) is 6.92 Å². The van der Waals surface area contributed by atoms with E-state index in [9.17, 15) is 0 Å². The van der Waals surface area contributed by atoms with Gasteiger partial charge in [0, 0.05) is 25.5 Å². The van der Waals surface area contributed by atoms with Crippen LogP contribution in [-0.4, -0.2) is 22.3 Å². The Morgan fingerprint density at radius 1 is 1.04 bits per heavy atom. The van der Waals surface area contributed by atoms with Gasteiger partial charge in [-0.3, -0.25) is 4.68 Å². The summed E-state index contributed by atoms with van der Waals surface area (Å²) in [6.07, 6.45) is 3.79. The smallest absolute Gasteiger partial charge is 0.191 e. The number of guanidine groups is 1. The summed E-state index contributed by atoms with van der Waals surface area (Å²) in [5.41, 5.74) is 4.97. The van der Waals surface area contributed by atoms with Crippen molar-refractivity contribution < 1.29 is 0 Å². The molecule has 0 unspecified atom stereocenters. The van der Waals surface area contributed by atoms with Crippen LogP contribution < -0.4 is 10.6 Å². The summed E-state index contributed by atoms with van der Waals surface area (Å²) < 4.78 is 1.94. The fourth-order valence-electron chi connectivity index (χ4n) is 2.95. The van der Waals surface area contributed by atoms with Crippen LogP contribution in [0.15, 0.2) is 72.0 Å². The highest BCUT2D eigenvalue weighted by molar-refractivity contribution is 14.0. The summed E-state index contributed by atoms with van der Waals surface area (Å²) in [4.78, 5) is 4.72. The van der Waals surface area contributed by atoms with Crippen molar-refractivity contribution in [3.8, 4) is 0 Å². The molecular weight excluding hydrogens is 461 g/mol. The molecule has 2 aromatic carbocycles. The van der Waals surface area contributed by atoms with Gasteiger partial charge >= 0.3 is 0 Å². The van der Waals surface area contributed by atoms with E-state index in [2.05, 4.69) is 78.1 Å². The molecule has 0 aliphatic rings. The monoisotopic (exact) mass is 489 g/mol. The lowest BCUT2D eigenvalue weighted by Crippen LogP contribution is -2.37. The minimum absolute atomic E-state index is 0. The first-order chi connectivity index (χ1) is 13.2. The van der Waals surface area contributed by atoms with Crippen LogP contribution in [0.2, 0.25) is 0 Å². The van der Waals surface area contributed by atoms with Gasteiger partial charge in [0.1, 0.15) is 0 Å². The van der Waals surface area contributed by atoms with E-state index in [1.165, 1.54) is 22.3 Å². The van der Waals surface area contributed by atoms with E-state index in [1.807, 2.05) is 23.1 Å². The third-order valence-electron chi connectivity index (χ3n) is 4.30. The summed E-state index contributed by atoms with van der Waals surface area (Å²) >= 11 is 0. The molecule has 0 saturated carbocycles. The zero-order valence-electron chi connectivity index (χ0n) is 16.4. The van der Waals surface area contributed by atoms with Gasteiger partial charge in [-0.05, 0) is 36.6 Å². The molecule has 1 aromatic heterocycles. The highest BCUT2D eigenvalue weighted by atomic mass is 127. The lowest BCUT2D eigenvalue weighted by molar-refractivity contribution is 0.677. The second kappa shape index (κ2) is 11.5. The zero-order valence-corrected chi connectivity index (χ0v) is 18.8. The Bertz CT molecular complexity index is 874. The van der Waals surface area contributed by atoms with Crippen molar-refractivity contribution in [2.75, 3.05) is 6.54 Å². The van der Waals surface area contributed by atoms with E-state index in [-0.39, 0.29) is 24.0 Å². The van der Waals surface area contributed by atoms with Gasteiger partial charge in [-0.25, -0.2) is 4.99 Å². The first-order valence-corrected chi connectivity index (χ1v) is 9.36. The molecule has 6 heteroatoms. The van der Waals surface area contributed by atoms with E-state index in [0.717, 1.165) is 25.6 Å². The molecule has 3 rings (SSSR count). The normalized spacial score (nSPS) is 11.0. The van der Waals surface area contributed by atoms with Gasteiger partial charge in [0.2, 0.25) is 0 Å². The van der Waals surface area contributed by atoms with Crippen LogP contribution in [0.5, 0.6) is 0 Å². The van der Waals surface area contributed by atoms with Crippen LogP contribution in [0.4, 0.5) is 0 Å². The Hall–Kier alpha value is -2.35. The predicted octanol–water partition coefficient (Wildman–Crippen LogP) is 4.11. The number of hydrogen-bond donors (Lipinski definition) is 2. The maximum Gasteiger partial charge on any atom is 0.191 e. The topological polar surface area (TPSA) is 54.2 Å². The van der Waals surface area contributed by atoms with Crippen molar-refractivity contribution in [1.82, 2.24) is 20.4 Å². The van der Waals surface area contributed by atoms with Gasteiger partial charge in [-0.15, -0.1) is 24.0 Å². The van der Waals surface area contributed by atoms with Crippen molar-refractivity contribution in [2.24, 2.45) is 4.99 Å². The Morgan fingerprint density at radius 3 is 2.57 bits per heavy atom. The molecule has 0 bridgehead atoms. The first-order valence-electron chi connectivity index (χ1n) is 9.36. The van der Waals surface area contributed by atoms with Crippen LogP contribution in [-0.2, 0) is 19.6 Å². The maximum absolute atomic E-state index is 4.72. The van der Waals surface area contributed by atoms with Crippen LogP contribution in [0.25, 0.3) is 0 Å². The molecule has 0 saturated heterocycles. The van der Waals surface area contributed by atoms with Gasteiger partial charge in [-0.1, -0.05) is 54.1 Å². The number of aliphatic imine (C=N–C) groups is 1. The third-order valence-corrected chi connectivity index (χ3v) is 4.30. The van der Waals surface area contributed by atoms with Gasteiger partial charge in [0.25, 0.3) is 0 Å². The van der Waals surface area contributed by atoms with E-state index >= 15 is 0 Å². The number of halogens is 1. The molecule has 2 N–H and O–H groups in total.